The lowest BCUT2D eigenvalue weighted by Crippen LogP contribution is -2.49. The summed E-state index contributed by atoms with van der Waals surface area (Å²) < 4.78 is 5.10. The van der Waals surface area contributed by atoms with Crippen LogP contribution in [0.25, 0.3) is 0 Å². The predicted octanol–water partition coefficient (Wildman–Crippen LogP) is 3.28. The van der Waals surface area contributed by atoms with Crippen molar-refractivity contribution in [2.24, 2.45) is 5.16 Å². The number of carbonyl (C=O) groups is 1. The van der Waals surface area contributed by atoms with Crippen LogP contribution in [0, 0.1) is 0 Å². The smallest absolute Gasteiger partial charge is 0.409 e. The lowest BCUT2D eigenvalue weighted by Gasteiger charge is -2.39. The highest BCUT2D eigenvalue weighted by Gasteiger charge is 2.29. The van der Waals surface area contributed by atoms with Gasteiger partial charge in [0.1, 0.15) is 6.61 Å². The van der Waals surface area contributed by atoms with E-state index in [1.807, 2.05) is 42.2 Å². The Kier molecular flexibility index (Phi) is 6.89. The fourth-order valence-corrected chi connectivity index (χ4v) is 3.67. The number of rotatable bonds is 5. The second kappa shape index (κ2) is 9.57. The zero-order valence-corrected chi connectivity index (χ0v) is 15.6. The minimum Gasteiger partial charge on any atom is -0.450 e. The second-order valence-electron chi connectivity index (χ2n) is 6.91. The van der Waals surface area contributed by atoms with Gasteiger partial charge in [-0.15, -0.1) is 0 Å². The van der Waals surface area contributed by atoms with Gasteiger partial charge in [0, 0.05) is 25.7 Å². The summed E-state index contributed by atoms with van der Waals surface area (Å²) in [4.78, 5) is 21.7. The van der Waals surface area contributed by atoms with E-state index in [9.17, 15) is 4.79 Å². The highest BCUT2D eigenvalue weighted by atomic mass is 16.6. The first-order chi connectivity index (χ1) is 12.8. The van der Waals surface area contributed by atoms with Crippen LogP contribution < -0.4 is 0 Å². The average molecular weight is 359 g/mol. The number of nitrogens with zero attached hydrogens (tertiary/aromatic N) is 3. The molecule has 2 fully saturated rings. The van der Waals surface area contributed by atoms with Gasteiger partial charge in [-0.2, -0.15) is 0 Å². The molecule has 1 aromatic rings. The van der Waals surface area contributed by atoms with Gasteiger partial charge in [-0.1, -0.05) is 35.5 Å². The zero-order valence-electron chi connectivity index (χ0n) is 15.6. The fourth-order valence-electron chi connectivity index (χ4n) is 3.67. The maximum absolute atomic E-state index is 11.8. The van der Waals surface area contributed by atoms with Crippen molar-refractivity contribution in [1.29, 1.82) is 0 Å². The molecule has 0 radical (unpaired) electrons. The summed E-state index contributed by atoms with van der Waals surface area (Å²) >= 11 is 0. The number of amides is 1. The molecule has 0 spiro atoms. The molecule has 1 amide bonds. The second-order valence-corrected chi connectivity index (χ2v) is 6.91. The third-order valence-corrected chi connectivity index (χ3v) is 5.07. The molecule has 26 heavy (non-hydrogen) atoms. The van der Waals surface area contributed by atoms with Gasteiger partial charge in [0.15, 0.2) is 0 Å². The molecular formula is C20H29N3O3. The summed E-state index contributed by atoms with van der Waals surface area (Å²) in [5, 5.41) is 4.38. The number of carbonyl (C=O) groups excluding carboxylic acids is 1. The van der Waals surface area contributed by atoms with Gasteiger partial charge in [0.25, 0.3) is 0 Å². The maximum Gasteiger partial charge on any atom is 0.409 e. The van der Waals surface area contributed by atoms with Crippen LogP contribution in [0.15, 0.2) is 35.5 Å². The third kappa shape index (κ3) is 5.21. The van der Waals surface area contributed by atoms with E-state index < -0.39 is 0 Å². The van der Waals surface area contributed by atoms with E-state index in [4.69, 9.17) is 9.57 Å². The minimum atomic E-state index is -0.179. The Hall–Kier alpha value is -2.08. The Morgan fingerprint density at radius 3 is 2.69 bits per heavy atom. The van der Waals surface area contributed by atoms with Gasteiger partial charge in [-0.3, -0.25) is 4.90 Å². The Balaban J connectivity index is 1.45. The molecule has 0 aromatic heterocycles. The van der Waals surface area contributed by atoms with Crippen molar-refractivity contribution in [3.8, 4) is 0 Å². The van der Waals surface area contributed by atoms with Crippen LogP contribution in [-0.4, -0.2) is 60.4 Å². The molecule has 2 aliphatic rings. The number of hydrogen-bond acceptors (Lipinski definition) is 5. The van der Waals surface area contributed by atoms with E-state index in [1.54, 1.807) is 0 Å². The fraction of sp³-hybridized carbons (Fsp3) is 0.600. The molecule has 0 atom stereocenters. The third-order valence-electron chi connectivity index (χ3n) is 5.07. The van der Waals surface area contributed by atoms with E-state index in [0.29, 0.717) is 19.3 Å². The maximum atomic E-state index is 11.8. The van der Waals surface area contributed by atoms with Gasteiger partial charge in [0.05, 0.1) is 12.3 Å². The molecule has 2 saturated heterocycles. The molecule has 142 valence electrons. The van der Waals surface area contributed by atoms with Crippen LogP contribution in [0.4, 0.5) is 4.79 Å². The molecule has 2 aliphatic heterocycles. The Morgan fingerprint density at radius 1 is 1.19 bits per heavy atom. The van der Waals surface area contributed by atoms with Crippen molar-refractivity contribution in [1.82, 2.24) is 9.80 Å². The van der Waals surface area contributed by atoms with E-state index in [-0.39, 0.29) is 6.09 Å². The molecule has 0 saturated carbocycles. The van der Waals surface area contributed by atoms with Gasteiger partial charge >= 0.3 is 6.09 Å². The van der Waals surface area contributed by atoms with E-state index in [0.717, 1.165) is 63.1 Å². The average Bonchev–Trinajstić information content (AvgIpc) is 2.69. The largest absolute Gasteiger partial charge is 0.450 e. The van der Waals surface area contributed by atoms with Crippen LogP contribution in [-0.2, 0) is 16.2 Å². The Labute approximate surface area is 155 Å². The molecule has 3 rings (SSSR count). The number of hydrogen-bond donors (Lipinski definition) is 0. The lowest BCUT2D eigenvalue weighted by molar-refractivity contribution is 0.0756. The van der Waals surface area contributed by atoms with Gasteiger partial charge < -0.3 is 14.5 Å². The number of benzene rings is 1. The normalized spacial score (nSPS) is 21.0. The monoisotopic (exact) mass is 359 g/mol. The topological polar surface area (TPSA) is 54.4 Å². The Bertz CT molecular complexity index is 598. The number of likely N-dealkylation sites (tertiary alicyclic amines) is 2. The van der Waals surface area contributed by atoms with Crippen molar-refractivity contribution < 1.29 is 14.4 Å². The van der Waals surface area contributed by atoms with Crippen LogP contribution in [0.3, 0.4) is 0 Å². The molecule has 1 aromatic carbocycles. The standard InChI is InChI=1S/C20H29N3O3/c1-2-25-20(24)22-13-10-19(11-14-22)23-12-6-9-18(15-23)21-26-16-17-7-4-3-5-8-17/h3-5,7-8,19H,2,6,9-16H2,1H3/b21-18+. The summed E-state index contributed by atoms with van der Waals surface area (Å²) in [6, 6.07) is 10.6. The first-order valence-corrected chi connectivity index (χ1v) is 9.63. The number of piperidine rings is 2. The number of oxime groups is 1. The van der Waals surface area contributed by atoms with Gasteiger partial charge in [0.2, 0.25) is 0 Å². The van der Waals surface area contributed by atoms with Crippen molar-refractivity contribution in [2.75, 3.05) is 32.8 Å². The van der Waals surface area contributed by atoms with Gasteiger partial charge in [-0.05, 0) is 44.7 Å². The summed E-state index contributed by atoms with van der Waals surface area (Å²) in [5.41, 5.74) is 2.26. The molecule has 0 aliphatic carbocycles. The molecule has 0 unspecified atom stereocenters. The SMILES string of the molecule is CCOC(=O)N1CCC(N2CCC/C(=N\OCc3ccccc3)C2)CC1. The van der Waals surface area contributed by atoms with E-state index in [1.165, 1.54) is 0 Å². The van der Waals surface area contributed by atoms with Crippen molar-refractivity contribution >= 4 is 11.8 Å². The van der Waals surface area contributed by atoms with Crippen LogP contribution in [0.5, 0.6) is 0 Å². The highest BCUT2D eigenvalue weighted by Crippen LogP contribution is 2.21. The molecule has 0 N–H and O–H groups in total. The van der Waals surface area contributed by atoms with Crippen molar-refractivity contribution in [2.45, 2.75) is 45.3 Å². The van der Waals surface area contributed by atoms with Crippen molar-refractivity contribution in [3.05, 3.63) is 35.9 Å². The Morgan fingerprint density at radius 2 is 1.96 bits per heavy atom. The minimum absolute atomic E-state index is 0.179. The predicted molar refractivity (Wildman–Crippen MR) is 101 cm³/mol. The van der Waals surface area contributed by atoms with Crippen molar-refractivity contribution in [3.63, 3.8) is 0 Å². The molecule has 2 heterocycles. The van der Waals surface area contributed by atoms with Crippen LogP contribution in [0.1, 0.15) is 38.2 Å². The first-order valence-electron chi connectivity index (χ1n) is 9.63. The van der Waals surface area contributed by atoms with E-state index >= 15 is 0 Å². The zero-order chi connectivity index (χ0) is 18.2. The van der Waals surface area contributed by atoms with Crippen LogP contribution in [0.2, 0.25) is 0 Å². The quantitative estimate of drug-likeness (QED) is 0.757. The molecule has 6 nitrogen and oxygen atoms in total. The lowest BCUT2D eigenvalue weighted by atomic mass is 9.99. The number of ether oxygens (including phenoxy) is 1. The molecule has 6 heteroatoms. The summed E-state index contributed by atoms with van der Waals surface area (Å²) in [5.74, 6) is 0. The molecular weight excluding hydrogens is 330 g/mol. The summed E-state index contributed by atoms with van der Waals surface area (Å²) in [6.07, 6.45) is 3.94. The van der Waals surface area contributed by atoms with Crippen LogP contribution >= 0.6 is 0 Å². The highest BCUT2D eigenvalue weighted by molar-refractivity contribution is 5.86. The van der Waals surface area contributed by atoms with E-state index in [2.05, 4.69) is 10.1 Å². The summed E-state index contributed by atoms with van der Waals surface area (Å²) in [6.45, 7) is 6.32. The summed E-state index contributed by atoms with van der Waals surface area (Å²) in [7, 11) is 0. The van der Waals surface area contributed by atoms with Gasteiger partial charge in [-0.25, -0.2) is 4.79 Å². The first kappa shape index (κ1) is 18.7. The molecule has 0 bridgehead atoms.